The Morgan fingerprint density at radius 2 is 1.71 bits per heavy atom. The highest BCUT2D eigenvalue weighted by atomic mass is 35.5. The van der Waals surface area contributed by atoms with Crippen LogP contribution >= 0.6 is 12.4 Å². The molecule has 0 fully saturated rings. The molecule has 4 N–H and O–H groups in total. The Balaban J connectivity index is 0.00000529. The molecule has 24 heavy (non-hydrogen) atoms. The predicted molar refractivity (Wildman–Crippen MR) is 88.1 cm³/mol. The lowest BCUT2D eigenvalue weighted by Gasteiger charge is -2.14. The zero-order chi connectivity index (χ0) is 17.6. The Labute approximate surface area is 144 Å². The lowest BCUT2D eigenvalue weighted by atomic mass is 10.0. The van der Waals surface area contributed by atoms with Gasteiger partial charge < -0.3 is 16.4 Å². The van der Waals surface area contributed by atoms with Crippen molar-refractivity contribution in [3.63, 3.8) is 0 Å². The fraction of sp³-hybridized carbons (Fsp3) is 0.467. The Hall–Kier alpha value is -1.80. The monoisotopic (exact) mass is 367 g/mol. The third-order valence-corrected chi connectivity index (χ3v) is 2.93. The molecule has 1 aromatic rings. The molecule has 0 aromatic heterocycles. The molecule has 0 spiro atoms. The summed E-state index contributed by atoms with van der Waals surface area (Å²) in [6.45, 7) is 2.50. The van der Waals surface area contributed by atoms with E-state index in [1.807, 2.05) is 13.8 Å². The van der Waals surface area contributed by atoms with Gasteiger partial charge in [0.2, 0.25) is 5.91 Å². The van der Waals surface area contributed by atoms with E-state index in [1.165, 1.54) is 24.3 Å². The van der Waals surface area contributed by atoms with E-state index in [-0.39, 0.29) is 29.8 Å². The van der Waals surface area contributed by atoms with E-state index < -0.39 is 24.7 Å². The van der Waals surface area contributed by atoms with Gasteiger partial charge in [0.05, 0.1) is 6.04 Å². The van der Waals surface area contributed by atoms with Crippen molar-refractivity contribution in [3.05, 3.63) is 29.8 Å². The van der Waals surface area contributed by atoms with Crippen LogP contribution in [0.4, 0.5) is 18.9 Å². The highest BCUT2D eigenvalue weighted by Gasteiger charge is 2.27. The van der Waals surface area contributed by atoms with E-state index in [9.17, 15) is 22.8 Å². The largest absolute Gasteiger partial charge is 0.405 e. The summed E-state index contributed by atoms with van der Waals surface area (Å²) < 4.78 is 36.1. The first-order valence-electron chi connectivity index (χ1n) is 7.10. The number of nitrogens with one attached hydrogen (secondary N) is 2. The third-order valence-electron chi connectivity index (χ3n) is 2.93. The minimum Gasteiger partial charge on any atom is -0.343 e. The minimum atomic E-state index is -4.46. The number of alkyl halides is 3. The van der Waals surface area contributed by atoms with Gasteiger partial charge in [0.25, 0.3) is 5.91 Å². The van der Waals surface area contributed by atoms with Crippen molar-refractivity contribution >= 4 is 29.9 Å². The van der Waals surface area contributed by atoms with Crippen molar-refractivity contribution in [1.29, 1.82) is 0 Å². The van der Waals surface area contributed by atoms with Crippen LogP contribution in [0.3, 0.4) is 0 Å². The molecule has 0 saturated carbocycles. The van der Waals surface area contributed by atoms with Gasteiger partial charge in [-0.15, -0.1) is 12.4 Å². The Morgan fingerprint density at radius 3 is 2.17 bits per heavy atom. The van der Waals surface area contributed by atoms with Crippen molar-refractivity contribution in [2.75, 3.05) is 11.9 Å². The number of benzene rings is 1. The zero-order valence-electron chi connectivity index (χ0n) is 13.3. The highest BCUT2D eigenvalue weighted by Crippen LogP contribution is 2.14. The molecule has 0 saturated heterocycles. The summed E-state index contributed by atoms with van der Waals surface area (Å²) in [7, 11) is 0. The van der Waals surface area contributed by atoms with Crippen LogP contribution in [-0.2, 0) is 4.79 Å². The third kappa shape index (κ3) is 8.16. The molecule has 0 aliphatic rings. The number of rotatable bonds is 6. The van der Waals surface area contributed by atoms with E-state index in [0.717, 1.165) is 0 Å². The van der Waals surface area contributed by atoms with E-state index in [1.54, 1.807) is 5.32 Å². The fourth-order valence-corrected chi connectivity index (χ4v) is 1.84. The number of anilines is 1. The molecule has 2 amide bonds. The maximum Gasteiger partial charge on any atom is 0.405 e. The summed E-state index contributed by atoms with van der Waals surface area (Å²) >= 11 is 0. The van der Waals surface area contributed by atoms with E-state index >= 15 is 0 Å². The van der Waals surface area contributed by atoms with Crippen LogP contribution in [-0.4, -0.2) is 30.6 Å². The summed E-state index contributed by atoms with van der Waals surface area (Å²) in [5.41, 5.74) is 6.23. The fourth-order valence-electron chi connectivity index (χ4n) is 1.84. The first-order valence-corrected chi connectivity index (χ1v) is 7.10. The normalized spacial score (nSPS) is 12.3. The molecule has 0 aliphatic heterocycles. The summed E-state index contributed by atoms with van der Waals surface area (Å²) in [5, 5.41) is 4.36. The number of hydrogen-bond donors (Lipinski definition) is 3. The maximum absolute atomic E-state index is 12.0. The van der Waals surface area contributed by atoms with E-state index in [0.29, 0.717) is 12.1 Å². The first-order chi connectivity index (χ1) is 10.6. The van der Waals surface area contributed by atoms with Crippen LogP contribution in [0.2, 0.25) is 0 Å². The van der Waals surface area contributed by atoms with Crippen molar-refractivity contribution in [2.24, 2.45) is 11.7 Å². The van der Waals surface area contributed by atoms with Gasteiger partial charge in [-0.3, -0.25) is 9.59 Å². The number of carbonyl (C=O) groups excluding carboxylic acids is 2. The second-order valence-corrected chi connectivity index (χ2v) is 5.60. The van der Waals surface area contributed by atoms with Crippen molar-refractivity contribution in [2.45, 2.75) is 32.5 Å². The standard InChI is InChI=1S/C15H20F3N3O2.ClH/c1-9(2)7-12(19)14(23)21-11-5-3-10(4-6-11)13(22)20-8-15(16,17)18;/h3-6,9,12H,7-8,19H2,1-2H3,(H,20,22)(H,21,23);1H/t12-;/m0./s1. The second-order valence-electron chi connectivity index (χ2n) is 5.60. The Kier molecular flexibility index (Phi) is 8.77. The summed E-state index contributed by atoms with van der Waals surface area (Å²) in [6, 6.07) is 4.88. The van der Waals surface area contributed by atoms with Crippen LogP contribution in [0.25, 0.3) is 0 Å². The van der Waals surface area contributed by atoms with Crippen LogP contribution in [0.1, 0.15) is 30.6 Å². The molecule has 0 radical (unpaired) electrons. The highest BCUT2D eigenvalue weighted by molar-refractivity contribution is 5.97. The Bertz CT molecular complexity index is 548. The molecular weight excluding hydrogens is 347 g/mol. The van der Waals surface area contributed by atoms with Gasteiger partial charge in [-0.1, -0.05) is 13.8 Å². The lowest BCUT2D eigenvalue weighted by Crippen LogP contribution is -2.36. The van der Waals surface area contributed by atoms with Crippen molar-refractivity contribution in [3.8, 4) is 0 Å². The molecule has 0 unspecified atom stereocenters. The molecule has 5 nitrogen and oxygen atoms in total. The van der Waals surface area contributed by atoms with E-state index in [2.05, 4.69) is 5.32 Å². The van der Waals surface area contributed by atoms with Gasteiger partial charge in [-0.25, -0.2) is 0 Å². The number of nitrogens with two attached hydrogens (primary N) is 1. The first kappa shape index (κ1) is 22.2. The number of carbonyl (C=O) groups is 2. The van der Waals surface area contributed by atoms with Crippen LogP contribution in [0, 0.1) is 5.92 Å². The van der Waals surface area contributed by atoms with Gasteiger partial charge in [0.1, 0.15) is 6.54 Å². The molecule has 1 aromatic carbocycles. The topological polar surface area (TPSA) is 84.2 Å². The molecule has 9 heteroatoms. The molecule has 1 atom stereocenters. The molecule has 0 bridgehead atoms. The SMILES string of the molecule is CC(C)C[C@H](N)C(=O)Nc1ccc(C(=O)NCC(F)(F)F)cc1.Cl. The molecule has 1 rings (SSSR count). The summed E-state index contributed by atoms with van der Waals surface area (Å²) in [6.07, 6.45) is -3.93. The molecule has 136 valence electrons. The van der Waals surface area contributed by atoms with Gasteiger partial charge >= 0.3 is 6.18 Å². The van der Waals surface area contributed by atoms with Gasteiger partial charge in [-0.05, 0) is 36.6 Å². The maximum atomic E-state index is 12.0. The van der Waals surface area contributed by atoms with Crippen LogP contribution < -0.4 is 16.4 Å². The predicted octanol–water partition coefficient (Wildman–Crippen LogP) is 2.71. The average Bonchev–Trinajstić information content (AvgIpc) is 2.44. The van der Waals surface area contributed by atoms with Crippen LogP contribution in [0.5, 0.6) is 0 Å². The zero-order valence-corrected chi connectivity index (χ0v) is 14.1. The average molecular weight is 368 g/mol. The summed E-state index contributed by atoms with van der Waals surface area (Å²) in [4.78, 5) is 23.4. The number of amides is 2. The quantitative estimate of drug-likeness (QED) is 0.722. The minimum absolute atomic E-state index is 0. The Morgan fingerprint density at radius 1 is 1.17 bits per heavy atom. The lowest BCUT2D eigenvalue weighted by molar-refractivity contribution is -0.123. The van der Waals surface area contributed by atoms with Gasteiger partial charge in [0, 0.05) is 11.3 Å². The molecular formula is C15H21ClF3N3O2. The van der Waals surface area contributed by atoms with Crippen molar-refractivity contribution < 1.29 is 22.8 Å². The smallest absolute Gasteiger partial charge is 0.343 e. The van der Waals surface area contributed by atoms with Gasteiger partial charge in [0.15, 0.2) is 0 Å². The van der Waals surface area contributed by atoms with Crippen molar-refractivity contribution in [1.82, 2.24) is 5.32 Å². The number of halogens is 4. The molecule has 0 aliphatic carbocycles. The molecule has 0 heterocycles. The summed E-state index contributed by atoms with van der Waals surface area (Å²) in [5.74, 6) is -0.917. The number of hydrogen-bond acceptors (Lipinski definition) is 3. The second kappa shape index (κ2) is 9.48. The van der Waals surface area contributed by atoms with E-state index in [4.69, 9.17) is 5.73 Å². The van der Waals surface area contributed by atoms with Gasteiger partial charge in [-0.2, -0.15) is 13.2 Å². The van der Waals surface area contributed by atoms with Crippen LogP contribution in [0.15, 0.2) is 24.3 Å².